The van der Waals surface area contributed by atoms with E-state index in [1.165, 1.54) is 0 Å². The number of nitrogens with zero attached hydrogens (tertiary/aromatic N) is 3. The molecule has 0 unspecified atom stereocenters. The number of aromatic amines is 1. The van der Waals surface area contributed by atoms with Crippen LogP contribution in [0.1, 0.15) is 0 Å². The molecule has 116 valence electrons. The third kappa shape index (κ3) is 2.15. The second-order valence-electron chi connectivity index (χ2n) is 5.18. The van der Waals surface area contributed by atoms with Gasteiger partial charge in [-0.05, 0) is 24.3 Å². The van der Waals surface area contributed by atoms with E-state index in [1.807, 2.05) is 24.3 Å². The van der Waals surface area contributed by atoms with Crippen molar-refractivity contribution in [1.82, 2.24) is 20.0 Å². The molecule has 2 N–H and O–H groups in total. The van der Waals surface area contributed by atoms with Crippen LogP contribution in [0.3, 0.4) is 0 Å². The zero-order valence-electron chi connectivity index (χ0n) is 12.2. The maximum absolute atomic E-state index is 12.8. The van der Waals surface area contributed by atoms with Crippen molar-refractivity contribution in [1.29, 1.82) is 0 Å². The topological polar surface area (TPSA) is 92.7 Å². The Labute approximate surface area is 132 Å². The summed E-state index contributed by atoms with van der Waals surface area (Å²) in [6.45, 7) is 0. The number of aryl methyl sites for hydroxylation is 1. The van der Waals surface area contributed by atoms with Crippen molar-refractivity contribution < 1.29 is 8.42 Å². The van der Waals surface area contributed by atoms with Crippen molar-refractivity contribution in [3.63, 3.8) is 0 Å². The van der Waals surface area contributed by atoms with E-state index in [0.29, 0.717) is 5.39 Å². The summed E-state index contributed by atoms with van der Waals surface area (Å²) in [6.07, 6.45) is 1.55. The maximum atomic E-state index is 12.8. The molecule has 0 aliphatic rings. The van der Waals surface area contributed by atoms with Crippen molar-refractivity contribution >= 4 is 37.6 Å². The first-order valence-electron chi connectivity index (χ1n) is 6.93. The molecule has 0 amide bonds. The zero-order valence-corrected chi connectivity index (χ0v) is 13.0. The summed E-state index contributed by atoms with van der Waals surface area (Å²) in [5.74, 6) is 0.279. The van der Waals surface area contributed by atoms with Gasteiger partial charge in [-0.15, -0.1) is 0 Å². The fraction of sp³-hybridized carbons (Fsp3) is 0.0667. The Bertz CT molecular complexity index is 1130. The highest BCUT2D eigenvalue weighted by molar-refractivity contribution is 7.93. The van der Waals surface area contributed by atoms with Gasteiger partial charge in [-0.1, -0.05) is 18.2 Å². The van der Waals surface area contributed by atoms with Crippen LogP contribution in [0.25, 0.3) is 21.8 Å². The number of fused-ring (bicyclic) bond motifs is 2. The van der Waals surface area contributed by atoms with E-state index in [4.69, 9.17) is 0 Å². The van der Waals surface area contributed by atoms with Gasteiger partial charge in [-0.25, -0.2) is 8.42 Å². The van der Waals surface area contributed by atoms with Crippen LogP contribution in [0.4, 0.5) is 5.82 Å². The van der Waals surface area contributed by atoms with Gasteiger partial charge in [0.15, 0.2) is 5.82 Å². The largest absolute Gasteiger partial charge is 0.276 e. The predicted octanol–water partition coefficient (Wildman–Crippen LogP) is 2.25. The zero-order chi connectivity index (χ0) is 16.0. The molecule has 2 aromatic heterocycles. The Morgan fingerprint density at radius 2 is 1.91 bits per heavy atom. The molecule has 8 heteroatoms. The van der Waals surface area contributed by atoms with Crippen molar-refractivity contribution in [3.05, 3.63) is 48.7 Å². The molecule has 0 aliphatic carbocycles. The standard InChI is InChI=1S/C15H13N5O2S/c1-20-13-7-4-8-14(11(13)9-16-20)23(21,22)19-15-10-5-2-3-6-12(10)17-18-15/h2-9H,1H3,(H2,17,18,19). The Morgan fingerprint density at radius 3 is 2.78 bits per heavy atom. The molecule has 0 aliphatic heterocycles. The number of para-hydroxylation sites is 1. The predicted molar refractivity (Wildman–Crippen MR) is 87.6 cm³/mol. The molecule has 23 heavy (non-hydrogen) atoms. The minimum atomic E-state index is -3.77. The molecule has 0 radical (unpaired) electrons. The monoisotopic (exact) mass is 327 g/mol. The van der Waals surface area contributed by atoms with E-state index in [1.54, 1.807) is 36.1 Å². The molecule has 2 aromatic carbocycles. The lowest BCUT2D eigenvalue weighted by Crippen LogP contribution is -2.13. The van der Waals surface area contributed by atoms with Crippen molar-refractivity contribution in [2.45, 2.75) is 4.90 Å². The third-order valence-corrected chi connectivity index (χ3v) is 5.14. The number of H-pyrrole nitrogens is 1. The van der Waals surface area contributed by atoms with Gasteiger partial charge in [-0.2, -0.15) is 10.2 Å². The molecular weight excluding hydrogens is 314 g/mol. The quantitative estimate of drug-likeness (QED) is 0.603. The number of aromatic nitrogens is 4. The van der Waals surface area contributed by atoms with Crippen LogP contribution < -0.4 is 4.72 Å². The van der Waals surface area contributed by atoms with E-state index >= 15 is 0 Å². The van der Waals surface area contributed by atoms with E-state index in [9.17, 15) is 8.42 Å². The number of sulfonamides is 1. The van der Waals surface area contributed by atoms with Crippen LogP contribution in [0.2, 0.25) is 0 Å². The summed E-state index contributed by atoms with van der Waals surface area (Å²) >= 11 is 0. The second-order valence-corrected chi connectivity index (χ2v) is 6.83. The highest BCUT2D eigenvalue weighted by atomic mass is 32.2. The molecule has 4 aromatic rings. The van der Waals surface area contributed by atoms with E-state index in [2.05, 4.69) is 20.0 Å². The number of hydrogen-bond acceptors (Lipinski definition) is 4. The van der Waals surface area contributed by atoms with Crippen LogP contribution in [0.15, 0.2) is 53.6 Å². The number of rotatable bonds is 3. The van der Waals surface area contributed by atoms with Crippen LogP contribution in [0.5, 0.6) is 0 Å². The molecule has 2 heterocycles. The first-order chi connectivity index (χ1) is 11.1. The molecule has 0 bridgehead atoms. The molecule has 0 atom stereocenters. The van der Waals surface area contributed by atoms with E-state index < -0.39 is 10.0 Å². The van der Waals surface area contributed by atoms with E-state index in [0.717, 1.165) is 16.4 Å². The van der Waals surface area contributed by atoms with E-state index in [-0.39, 0.29) is 10.7 Å². The molecule has 0 fully saturated rings. The minimum Gasteiger partial charge on any atom is -0.276 e. The fourth-order valence-electron chi connectivity index (χ4n) is 2.61. The summed E-state index contributed by atoms with van der Waals surface area (Å²) < 4.78 is 29.7. The lowest BCUT2D eigenvalue weighted by atomic mass is 10.2. The average molecular weight is 327 g/mol. The number of nitrogens with one attached hydrogen (secondary N) is 2. The Hall–Kier alpha value is -2.87. The number of hydrogen-bond donors (Lipinski definition) is 2. The molecule has 0 spiro atoms. The summed E-state index contributed by atoms with van der Waals surface area (Å²) in [6, 6.07) is 12.4. The van der Waals surface area contributed by atoms with Gasteiger partial charge in [0, 0.05) is 17.8 Å². The number of benzene rings is 2. The van der Waals surface area contributed by atoms with Gasteiger partial charge in [0.2, 0.25) is 0 Å². The van der Waals surface area contributed by atoms with Crippen LogP contribution >= 0.6 is 0 Å². The number of anilines is 1. The molecule has 7 nitrogen and oxygen atoms in total. The first-order valence-corrected chi connectivity index (χ1v) is 8.41. The van der Waals surface area contributed by atoms with Crippen molar-refractivity contribution in [2.24, 2.45) is 7.05 Å². The third-order valence-electron chi connectivity index (χ3n) is 3.74. The van der Waals surface area contributed by atoms with Gasteiger partial charge in [0.1, 0.15) is 0 Å². The first kappa shape index (κ1) is 13.8. The maximum Gasteiger partial charge on any atom is 0.263 e. The van der Waals surface area contributed by atoms with Gasteiger partial charge < -0.3 is 0 Å². The second kappa shape index (κ2) is 4.82. The molecule has 4 rings (SSSR count). The Kier molecular flexibility index (Phi) is 2.88. The molecule has 0 saturated heterocycles. The summed E-state index contributed by atoms with van der Waals surface area (Å²) in [4.78, 5) is 0.176. The lowest BCUT2D eigenvalue weighted by molar-refractivity contribution is 0.602. The van der Waals surface area contributed by atoms with Crippen LogP contribution in [-0.4, -0.2) is 28.4 Å². The van der Waals surface area contributed by atoms with Gasteiger partial charge >= 0.3 is 0 Å². The highest BCUT2D eigenvalue weighted by Crippen LogP contribution is 2.26. The smallest absolute Gasteiger partial charge is 0.263 e. The SMILES string of the molecule is Cn1ncc2c(S(=O)(=O)Nc3n[nH]c4ccccc34)cccc21. The lowest BCUT2D eigenvalue weighted by Gasteiger charge is -2.07. The van der Waals surface area contributed by atoms with Gasteiger partial charge in [0.05, 0.1) is 22.1 Å². The van der Waals surface area contributed by atoms with Gasteiger partial charge in [-0.3, -0.25) is 14.5 Å². The van der Waals surface area contributed by atoms with Crippen LogP contribution in [-0.2, 0) is 17.1 Å². The van der Waals surface area contributed by atoms with Crippen molar-refractivity contribution in [3.8, 4) is 0 Å². The summed E-state index contributed by atoms with van der Waals surface area (Å²) in [7, 11) is -2.00. The fourth-order valence-corrected chi connectivity index (χ4v) is 3.83. The highest BCUT2D eigenvalue weighted by Gasteiger charge is 2.21. The average Bonchev–Trinajstić information content (AvgIpc) is 3.12. The minimum absolute atomic E-state index is 0.176. The molecule has 0 saturated carbocycles. The summed E-state index contributed by atoms with van der Waals surface area (Å²) in [5.41, 5.74) is 1.52. The normalized spacial score (nSPS) is 12.0. The van der Waals surface area contributed by atoms with Crippen molar-refractivity contribution in [2.75, 3.05) is 4.72 Å². The summed E-state index contributed by atoms with van der Waals surface area (Å²) in [5, 5.41) is 12.3. The van der Waals surface area contributed by atoms with Crippen LogP contribution in [0, 0.1) is 0 Å². The molecular formula is C15H13N5O2S. The Morgan fingerprint density at radius 1 is 1.09 bits per heavy atom. The van der Waals surface area contributed by atoms with Gasteiger partial charge in [0.25, 0.3) is 10.0 Å². The Balaban J connectivity index is 1.84.